The summed E-state index contributed by atoms with van der Waals surface area (Å²) in [6.45, 7) is 0. The maximum absolute atomic E-state index is 11.7. The second-order valence-corrected chi connectivity index (χ2v) is 4.36. The lowest BCUT2D eigenvalue weighted by molar-refractivity contribution is 0.0603. The molecule has 18 heavy (non-hydrogen) atoms. The van der Waals surface area contributed by atoms with Crippen LogP contribution in [-0.4, -0.2) is 13.1 Å². The van der Waals surface area contributed by atoms with Crippen LogP contribution in [0.1, 0.15) is 15.9 Å². The number of hydrogen-bond donors (Lipinski definition) is 0. The van der Waals surface area contributed by atoms with Gasteiger partial charge < -0.3 is 4.74 Å². The number of nitrogens with zero attached hydrogens (tertiary/aromatic N) is 1. The maximum atomic E-state index is 11.7. The van der Waals surface area contributed by atoms with Gasteiger partial charge in [0.05, 0.1) is 29.3 Å². The molecule has 0 saturated carbocycles. The van der Waals surface area contributed by atoms with Crippen molar-refractivity contribution in [3.05, 3.63) is 45.4 Å². The lowest BCUT2D eigenvalue weighted by Gasteiger charge is -2.09. The van der Waals surface area contributed by atoms with Crippen LogP contribution in [-0.2, 0) is 4.74 Å². The quantitative estimate of drug-likeness (QED) is 0.746. The highest BCUT2D eigenvalue weighted by molar-refractivity contribution is 6.43. The van der Waals surface area contributed by atoms with Crippen molar-refractivity contribution >= 4 is 39.9 Å². The summed E-state index contributed by atoms with van der Waals surface area (Å²) in [6, 6.07) is 8.23. The van der Waals surface area contributed by atoms with Crippen LogP contribution in [0.25, 0.3) is 10.8 Å². The summed E-state index contributed by atoms with van der Waals surface area (Å²) in [6.07, 6.45) is 0. The Morgan fingerprint density at radius 2 is 1.78 bits per heavy atom. The molecule has 0 saturated heterocycles. The molecule has 0 aromatic heterocycles. The van der Waals surface area contributed by atoms with E-state index < -0.39 is 5.97 Å². The Bertz CT molecular complexity index is 681. The molecule has 0 aliphatic carbocycles. The number of hydrogen-bond acceptors (Lipinski definition) is 3. The zero-order valence-corrected chi connectivity index (χ0v) is 10.8. The van der Waals surface area contributed by atoms with Crippen LogP contribution in [0.2, 0.25) is 10.0 Å². The van der Waals surface area contributed by atoms with Gasteiger partial charge in [0, 0.05) is 15.8 Å². The molecule has 0 spiro atoms. The smallest absolute Gasteiger partial charge is 0.338 e. The molecule has 3 nitrogen and oxygen atoms in total. The Morgan fingerprint density at radius 1 is 1.17 bits per heavy atom. The molecule has 0 fully saturated rings. The van der Waals surface area contributed by atoms with Gasteiger partial charge in [-0.2, -0.15) is 5.26 Å². The SMILES string of the molecule is COC(=O)c1ccc(Cl)c2c(Cl)ccc(C#N)c12. The molecule has 0 unspecified atom stereocenters. The zero-order chi connectivity index (χ0) is 13.3. The highest BCUT2D eigenvalue weighted by Gasteiger charge is 2.17. The highest BCUT2D eigenvalue weighted by atomic mass is 35.5. The molecular weight excluding hydrogens is 273 g/mol. The van der Waals surface area contributed by atoms with E-state index in [1.165, 1.54) is 13.2 Å². The van der Waals surface area contributed by atoms with Gasteiger partial charge in [0.1, 0.15) is 0 Å². The van der Waals surface area contributed by atoms with E-state index in [4.69, 9.17) is 28.5 Å². The average molecular weight is 280 g/mol. The van der Waals surface area contributed by atoms with Crippen LogP contribution in [0, 0.1) is 11.3 Å². The monoisotopic (exact) mass is 279 g/mol. The summed E-state index contributed by atoms with van der Waals surface area (Å²) in [5.41, 5.74) is 0.605. The van der Waals surface area contributed by atoms with Gasteiger partial charge in [-0.05, 0) is 24.3 Å². The molecule has 0 aliphatic rings. The van der Waals surface area contributed by atoms with E-state index >= 15 is 0 Å². The molecule has 0 amide bonds. The van der Waals surface area contributed by atoms with Crippen LogP contribution in [0.3, 0.4) is 0 Å². The number of nitriles is 1. The molecule has 0 bridgehead atoms. The molecule has 90 valence electrons. The summed E-state index contributed by atoms with van der Waals surface area (Å²) < 4.78 is 4.69. The second kappa shape index (κ2) is 4.85. The van der Waals surface area contributed by atoms with Crippen molar-refractivity contribution in [3.63, 3.8) is 0 Å². The van der Waals surface area contributed by atoms with E-state index in [-0.39, 0.29) is 5.56 Å². The average Bonchev–Trinajstić information content (AvgIpc) is 2.38. The Hall–Kier alpha value is -1.76. The molecule has 0 heterocycles. The van der Waals surface area contributed by atoms with Gasteiger partial charge >= 0.3 is 5.97 Å². The van der Waals surface area contributed by atoms with Gasteiger partial charge in [-0.3, -0.25) is 0 Å². The summed E-state index contributed by atoms with van der Waals surface area (Å²) in [4.78, 5) is 11.7. The number of halogens is 2. The van der Waals surface area contributed by atoms with Crippen molar-refractivity contribution in [2.45, 2.75) is 0 Å². The number of rotatable bonds is 1. The largest absolute Gasteiger partial charge is 0.465 e. The van der Waals surface area contributed by atoms with Crippen LogP contribution in [0.15, 0.2) is 24.3 Å². The minimum atomic E-state index is -0.532. The minimum Gasteiger partial charge on any atom is -0.465 e. The van der Waals surface area contributed by atoms with E-state index in [0.717, 1.165) is 0 Å². The predicted octanol–water partition coefficient (Wildman–Crippen LogP) is 3.80. The van der Waals surface area contributed by atoms with E-state index in [1.807, 2.05) is 6.07 Å². The van der Waals surface area contributed by atoms with Crippen LogP contribution in [0.5, 0.6) is 0 Å². The highest BCUT2D eigenvalue weighted by Crippen LogP contribution is 2.35. The van der Waals surface area contributed by atoms with Crippen LogP contribution < -0.4 is 0 Å². The first-order valence-electron chi connectivity index (χ1n) is 4.99. The first-order chi connectivity index (χ1) is 8.60. The van der Waals surface area contributed by atoms with Crippen molar-refractivity contribution in [2.24, 2.45) is 0 Å². The molecule has 0 aliphatic heterocycles. The molecular formula is C13H7Cl2NO2. The fourth-order valence-corrected chi connectivity index (χ4v) is 2.35. The van der Waals surface area contributed by atoms with Gasteiger partial charge in [0.25, 0.3) is 0 Å². The van der Waals surface area contributed by atoms with Crippen LogP contribution in [0.4, 0.5) is 0 Å². The van der Waals surface area contributed by atoms with Gasteiger partial charge in [-0.15, -0.1) is 0 Å². The van der Waals surface area contributed by atoms with Gasteiger partial charge in [0.2, 0.25) is 0 Å². The fraction of sp³-hybridized carbons (Fsp3) is 0.0769. The molecule has 2 rings (SSSR count). The normalized spacial score (nSPS) is 10.1. The van der Waals surface area contributed by atoms with Crippen molar-refractivity contribution in [1.29, 1.82) is 5.26 Å². The van der Waals surface area contributed by atoms with Crippen molar-refractivity contribution in [3.8, 4) is 6.07 Å². The van der Waals surface area contributed by atoms with E-state index in [1.54, 1.807) is 18.2 Å². The zero-order valence-electron chi connectivity index (χ0n) is 9.33. The molecule has 0 atom stereocenters. The standard InChI is InChI=1S/C13H7Cl2NO2/c1-18-13(17)8-3-5-10(15)12-9(14)4-2-7(6-16)11(8)12/h2-5H,1H3. The van der Waals surface area contributed by atoms with E-state index in [0.29, 0.717) is 26.4 Å². The number of esters is 1. The van der Waals surface area contributed by atoms with E-state index in [9.17, 15) is 4.79 Å². The third kappa shape index (κ3) is 1.90. The predicted molar refractivity (Wildman–Crippen MR) is 70.0 cm³/mol. The van der Waals surface area contributed by atoms with Crippen molar-refractivity contribution < 1.29 is 9.53 Å². The third-order valence-corrected chi connectivity index (χ3v) is 3.21. The number of carbonyl (C=O) groups excluding carboxylic acids is 1. The van der Waals surface area contributed by atoms with Crippen molar-refractivity contribution in [2.75, 3.05) is 7.11 Å². The lowest BCUT2D eigenvalue weighted by atomic mass is 9.99. The second-order valence-electron chi connectivity index (χ2n) is 3.54. The molecule has 0 N–H and O–H groups in total. The molecule has 0 radical (unpaired) electrons. The lowest BCUT2D eigenvalue weighted by Crippen LogP contribution is -2.03. The first kappa shape index (κ1) is 12.7. The van der Waals surface area contributed by atoms with Gasteiger partial charge in [-0.1, -0.05) is 23.2 Å². The Kier molecular flexibility index (Phi) is 3.42. The Balaban J connectivity index is 2.99. The number of carbonyl (C=O) groups is 1. The minimum absolute atomic E-state index is 0.274. The topological polar surface area (TPSA) is 50.1 Å². The van der Waals surface area contributed by atoms with Crippen molar-refractivity contribution in [1.82, 2.24) is 0 Å². The van der Waals surface area contributed by atoms with Crippen LogP contribution >= 0.6 is 23.2 Å². The Morgan fingerprint density at radius 3 is 2.33 bits per heavy atom. The fourth-order valence-electron chi connectivity index (χ4n) is 1.79. The number of fused-ring (bicyclic) bond motifs is 1. The first-order valence-corrected chi connectivity index (χ1v) is 5.75. The van der Waals surface area contributed by atoms with E-state index in [2.05, 4.69) is 4.74 Å². The molecule has 2 aromatic carbocycles. The maximum Gasteiger partial charge on any atom is 0.338 e. The Labute approximate surface area is 113 Å². The summed E-state index contributed by atoms with van der Waals surface area (Å²) in [5.74, 6) is -0.532. The summed E-state index contributed by atoms with van der Waals surface area (Å²) in [5, 5.41) is 10.8. The van der Waals surface area contributed by atoms with Gasteiger partial charge in [0.15, 0.2) is 0 Å². The summed E-state index contributed by atoms with van der Waals surface area (Å²) in [7, 11) is 1.28. The summed E-state index contributed by atoms with van der Waals surface area (Å²) >= 11 is 12.1. The number of ether oxygens (including phenoxy) is 1. The molecule has 2 aromatic rings. The van der Waals surface area contributed by atoms with Gasteiger partial charge in [-0.25, -0.2) is 4.79 Å². The third-order valence-electron chi connectivity index (χ3n) is 2.58. The number of benzene rings is 2. The molecule has 5 heteroatoms. The number of methoxy groups -OCH3 is 1.